The molecule has 1 aromatic carbocycles. The first kappa shape index (κ1) is 19.3. The zero-order valence-corrected chi connectivity index (χ0v) is 15.8. The second kappa shape index (κ2) is 7.30. The molecular weight excluding hydrogens is 362 g/mol. The summed E-state index contributed by atoms with van der Waals surface area (Å²) >= 11 is 0. The predicted molar refractivity (Wildman–Crippen MR) is 103 cm³/mol. The Balaban J connectivity index is 2.19. The molecule has 8 nitrogen and oxygen atoms in total. The molecule has 2 heterocycles. The Morgan fingerprint density at radius 1 is 1.21 bits per heavy atom. The van der Waals surface area contributed by atoms with Crippen LogP contribution in [-0.4, -0.2) is 31.2 Å². The van der Waals surface area contributed by atoms with Gasteiger partial charge in [0, 0.05) is 12.6 Å². The zero-order valence-electron chi connectivity index (χ0n) is 15.8. The molecule has 0 radical (unpaired) electrons. The van der Waals surface area contributed by atoms with E-state index >= 15 is 0 Å². The molecule has 1 atom stereocenters. The fourth-order valence-corrected chi connectivity index (χ4v) is 2.86. The normalized spacial score (nSPS) is 12.7. The number of esters is 1. The van der Waals surface area contributed by atoms with E-state index in [2.05, 4.69) is 9.97 Å². The number of nitrogens with zero attached hydrogens (tertiary/aromatic N) is 2. The number of ether oxygens (including phenoxy) is 1. The number of nitrogens with one attached hydrogen (secondary N) is 1. The number of aromatic hydroxyl groups is 1. The van der Waals surface area contributed by atoms with Gasteiger partial charge in [0.15, 0.2) is 5.65 Å². The number of pyridine rings is 1. The number of phenolic OH excluding ortho intramolecular Hbond substituents is 1. The molecule has 3 rings (SSSR count). The average molecular weight is 383 g/mol. The third-order valence-electron chi connectivity index (χ3n) is 4.03. The Morgan fingerprint density at radius 3 is 2.54 bits per heavy atom. The van der Waals surface area contributed by atoms with Gasteiger partial charge in [0.25, 0.3) is 0 Å². The lowest BCUT2D eigenvalue weighted by Gasteiger charge is -2.25. The van der Waals surface area contributed by atoms with E-state index in [0.29, 0.717) is 11.1 Å². The highest BCUT2D eigenvalue weighted by molar-refractivity contribution is 5.78. The van der Waals surface area contributed by atoms with Gasteiger partial charge >= 0.3 is 17.1 Å². The third-order valence-corrected chi connectivity index (χ3v) is 4.03. The summed E-state index contributed by atoms with van der Waals surface area (Å²) in [6.45, 7) is 5.17. The second-order valence-corrected chi connectivity index (χ2v) is 7.42. The minimum atomic E-state index is -1.10. The van der Waals surface area contributed by atoms with Gasteiger partial charge in [0.05, 0.1) is 5.52 Å². The molecule has 0 spiro atoms. The quantitative estimate of drug-likeness (QED) is 0.525. The van der Waals surface area contributed by atoms with Gasteiger partial charge in [-0.2, -0.15) is 0 Å². The molecule has 0 amide bonds. The lowest BCUT2D eigenvalue weighted by Crippen LogP contribution is -2.43. The Labute approximate surface area is 160 Å². The minimum Gasteiger partial charge on any atom is -0.508 e. The van der Waals surface area contributed by atoms with Crippen LogP contribution in [0.25, 0.3) is 11.2 Å². The average Bonchev–Trinajstić information content (AvgIpc) is 2.61. The van der Waals surface area contributed by atoms with Crippen LogP contribution in [-0.2, 0) is 16.0 Å². The second-order valence-electron chi connectivity index (χ2n) is 7.42. The van der Waals surface area contributed by atoms with Crippen molar-refractivity contribution in [2.45, 2.75) is 38.8 Å². The predicted octanol–water partition coefficient (Wildman–Crippen LogP) is 1.92. The highest BCUT2D eigenvalue weighted by atomic mass is 16.6. The van der Waals surface area contributed by atoms with Crippen molar-refractivity contribution < 1.29 is 14.6 Å². The zero-order chi connectivity index (χ0) is 20.5. The number of carbonyl (C=O) groups excluding carboxylic acids is 1. The number of carbonyl (C=O) groups is 1. The van der Waals surface area contributed by atoms with E-state index in [1.807, 2.05) is 0 Å². The smallest absolute Gasteiger partial charge is 0.330 e. The lowest BCUT2D eigenvalue weighted by molar-refractivity contribution is -0.159. The van der Waals surface area contributed by atoms with Crippen molar-refractivity contribution in [2.75, 3.05) is 0 Å². The summed E-state index contributed by atoms with van der Waals surface area (Å²) in [6, 6.07) is 8.37. The maximum absolute atomic E-state index is 13.0. The van der Waals surface area contributed by atoms with E-state index in [1.54, 1.807) is 45.0 Å². The summed E-state index contributed by atoms with van der Waals surface area (Å²) in [6.07, 6.45) is 1.56. The summed E-state index contributed by atoms with van der Waals surface area (Å²) in [4.78, 5) is 44.5. The molecular formula is C20H21N3O5. The highest BCUT2D eigenvalue weighted by Gasteiger charge is 2.30. The van der Waals surface area contributed by atoms with Gasteiger partial charge in [0.2, 0.25) is 0 Å². The first-order valence-corrected chi connectivity index (χ1v) is 8.76. The van der Waals surface area contributed by atoms with Crippen LogP contribution < -0.4 is 11.1 Å². The maximum atomic E-state index is 13.0. The number of aromatic amines is 1. The number of fused-ring (bicyclic) bond motifs is 1. The standard InChI is InChI=1S/C20H21N3O5/c1-20(2,3)28-19(27)15(11-12-6-8-13(24)9-7-12)23-16-14(5-4-10-21-16)22-17(25)18(23)26/h4-10,15,24H,11H2,1-3H3,(H,22,25)/t15-/m0/s1. The number of hydrogen-bond acceptors (Lipinski definition) is 6. The summed E-state index contributed by atoms with van der Waals surface area (Å²) in [5.41, 5.74) is -1.31. The highest BCUT2D eigenvalue weighted by Crippen LogP contribution is 2.22. The number of rotatable bonds is 4. The molecule has 28 heavy (non-hydrogen) atoms. The Morgan fingerprint density at radius 2 is 1.89 bits per heavy atom. The van der Waals surface area contributed by atoms with Gasteiger partial charge in [-0.3, -0.25) is 14.2 Å². The fourth-order valence-electron chi connectivity index (χ4n) is 2.86. The van der Waals surface area contributed by atoms with Gasteiger partial charge in [-0.05, 0) is 50.6 Å². The van der Waals surface area contributed by atoms with Gasteiger partial charge in [-0.15, -0.1) is 0 Å². The van der Waals surface area contributed by atoms with Gasteiger partial charge in [-0.1, -0.05) is 12.1 Å². The van der Waals surface area contributed by atoms with Crippen LogP contribution in [0.15, 0.2) is 52.2 Å². The molecule has 146 valence electrons. The molecule has 0 saturated heterocycles. The van der Waals surface area contributed by atoms with Crippen LogP contribution in [0.5, 0.6) is 5.75 Å². The molecule has 0 fully saturated rings. The Hall–Kier alpha value is -3.42. The third kappa shape index (κ3) is 4.11. The van der Waals surface area contributed by atoms with Gasteiger partial charge in [0.1, 0.15) is 17.4 Å². The molecule has 0 bridgehead atoms. The van der Waals surface area contributed by atoms with Crippen LogP contribution in [0.1, 0.15) is 32.4 Å². The maximum Gasteiger partial charge on any atom is 0.330 e. The van der Waals surface area contributed by atoms with Crippen LogP contribution in [0.3, 0.4) is 0 Å². The van der Waals surface area contributed by atoms with Crippen molar-refractivity contribution in [1.29, 1.82) is 0 Å². The van der Waals surface area contributed by atoms with E-state index in [0.717, 1.165) is 4.57 Å². The molecule has 0 aliphatic heterocycles. The number of benzene rings is 1. The summed E-state index contributed by atoms with van der Waals surface area (Å²) < 4.78 is 6.58. The van der Waals surface area contributed by atoms with E-state index in [-0.39, 0.29) is 17.8 Å². The monoisotopic (exact) mass is 383 g/mol. The summed E-state index contributed by atoms with van der Waals surface area (Å²) in [7, 11) is 0. The Kier molecular flexibility index (Phi) is 5.04. The van der Waals surface area contributed by atoms with Crippen molar-refractivity contribution >= 4 is 17.1 Å². The number of H-pyrrole nitrogens is 1. The first-order chi connectivity index (χ1) is 13.2. The van der Waals surface area contributed by atoms with Crippen LogP contribution in [0.2, 0.25) is 0 Å². The largest absolute Gasteiger partial charge is 0.508 e. The Bertz CT molecular complexity index is 1120. The molecule has 8 heteroatoms. The van der Waals surface area contributed by atoms with Crippen molar-refractivity contribution in [3.63, 3.8) is 0 Å². The SMILES string of the molecule is CC(C)(C)OC(=O)[C@H](Cc1ccc(O)cc1)n1c(=O)c(=O)[nH]c2cccnc21. The van der Waals surface area contributed by atoms with Crippen molar-refractivity contribution in [3.8, 4) is 5.75 Å². The molecule has 0 aliphatic carbocycles. The van der Waals surface area contributed by atoms with Crippen molar-refractivity contribution in [1.82, 2.24) is 14.5 Å². The number of aromatic nitrogens is 3. The molecule has 2 N–H and O–H groups in total. The van der Waals surface area contributed by atoms with Crippen LogP contribution in [0, 0.1) is 0 Å². The van der Waals surface area contributed by atoms with Crippen LogP contribution >= 0.6 is 0 Å². The van der Waals surface area contributed by atoms with Gasteiger partial charge in [-0.25, -0.2) is 9.78 Å². The van der Waals surface area contributed by atoms with Crippen LogP contribution in [0.4, 0.5) is 0 Å². The lowest BCUT2D eigenvalue weighted by atomic mass is 10.0. The topological polar surface area (TPSA) is 114 Å². The first-order valence-electron chi connectivity index (χ1n) is 8.76. The molecule has 0 unspecified atom stereocenters. The van der Waals surface area contributed by atoms with E-state index in [4.69, 9.17) is 4.74 Å². The molecule has 2 aromatic heterocycles. The fraction of sp³-hybridized carbons (Fsp3) is 0.300. The summed E-state index contributed by atoms with van der Waals surface area (Å²) in [5, 5.41) is 9.49. The van der Waals surface area contributed by atoms with Crippen molar-refractivity contribution in [2.24, 2.45) is 0 Å². The number of hydrogen-bond donors (Lipinski definition) is 2. The molecule has 3 aromatic rings. The van der Waals surface area contributed by atoms with E-state index < -0.39 is 28.7 Å². The molecule has 0 aliphatic rings. The van der Waals surface area contributed by atoms with Crippen molar-refractivity contribution in [3.05, 3.63) is 68.9 Å². The molecule has 0 saturated carbocycles. The van der Waals surface area contributed by atoms with E-state index in [9.17, 15) is 19.5 Å². The summed E-state index contributed by atoms with van der Waals surface area (Å²) in [5.74, 6) is -0.571. The van der Waals surface area contributed by atoms with Gasteiger partial charge < -0.3 is 14.8 Å². The minimum absolute atomic E-state index is 0.0815. The number of phenols is 1. The van der Waals surface area contributed by atoms with E-state index in [1.165, 1.54) is 18.3 Å².